The number of ether oxygens (including phenoxy) is 1. The Morgan fingerprint density at radius 1 is 1.07 bits per heavy atom. The molecule has 7 nitrogen and oxygen atoms in total. The maximum absolute atomic E-state index is 12.8. The molecule has 8 heteroatoms. The predicted octanol–water partition coefficient (Wildman–Crippen LogP) is 3.04. The summed E-state index contributed by atoms with van der Waals surface area (Å²) < 4.78 is 8.96. The molecular formula is C20H18BrN3O4. The molecular weight excluding hydrogens is 426 g/mol. The number of halogens is 1. The zero-order valence-corrected chi connectivity index (χ0v) is 16.9. The number of carbonyl (C=O) groups is 2. The number of carbonyl (C=O) groups excluding carboxylic acids is 2. The first-order valence-corrected chi connectivity index (χ1v) is 9.24. The van der Waals surface area contributed by atoms with Crippen LogP contribution in [0.15, 0.2) is 63.9 Å². The maximum Gasteiger partial charge on any atom is 0.338 e. The van der Waals surface area contributed by atoms with Crippen LogP contribution >= 0.6 is 15.9 Å². The lowest BCUT2D eigenvalue weighted by Gasteiger charge is -2.07. The van der Waals surface area contributed by atoms with Crippen LogP contribution in [0.5, 0.6) is 0 Å². The zero-order valence-electron chi connectivity index (χ0n) is 15.3. The highest BCUT2D eigenvalue weighted by Gasteiger charge is 2.19. The van der Waals surface area contributed by atoms with Gasteiger partial charge in [0.2, 0.25) is 0 Å². The highest BCUT2D eigenvalue weighted by molar-refractivity contribution is 9.10. The van der Waals surface area contributed by atoms with Crippen LogP contribution < -0.4 is 10.9 Å². The Morgan fingerprint density at radius 2 is 1.71 bits per heavy atom. The Balaban J connectivity index is 1.72. The normalized spacial score (nSPS) is 10.5. The van der Waals surface area contributed by atoms with Gasteiger partial charge in [-0.25, -0.2) is 9.48 Å². The quantitative estimate of drug-likeness (QED) is 0.614. The molecule has 0 atom stereocenters. The molecule has 0 bridgehead atoms. The molecule has 1 aromatic heterocycles. The fourth-order valence-electron chi connectivity index (χ4n) is 2.69. The van der Waals surface area contributed by atoms with E-state index in [0.717, 1.165) is 4.47 Å². The molecule has 1 N–H and O–H groups in total. The van der Waals surface area contributed by atoms with E-state index in [4.69, 9.17) is 4.74 Å². The Morgan fingerprint density at radius 3 is 2.36 bits per heavy atom. The van der Waals surface area contributed by atoms with E-state index >= 15 is 0 Å². The van der Waals surface area contributed by atoms with E-state index < -0.39 is 18.5 Å². The summed E-state index contributed by atoms with van der Waals surface area (Å²) in [6.45, 7) is 1.23. The van der Waals surface area contributed by atoms with Crippen LogP contribution in [0.2, 0.25) is 0 Å². The van der Waals surface area contributed by atoms with Crippen LogP contribution in [-0.4, -0.2) is 27.8 Å². The van der Waals surface area contributed by atoms with Crippen LogP contribution in [0.4, 0.5) is 5.69 Å². The summed E-state index contributed by atoms with van der Waals surface area (Å²) in [4.78, 5) is 37.0. The van der Waals surface area contributed by atoms with Crippen LogP contribution in [0, 0.1) is 6.92 Å². The number of amides is 1. The average molecular weight is 444 g/mol. The van der Waals surface area contributed by atoms with Gasteiger partial charge in [-0.1, -0.05) is 34.1 Å². The molecule has 1 amide bonds. The summed E-state index contributed by atoms with van der Waals surface area (Å²) in [5.74, 6) is -1.20. The zero-order chi connectivity index (χ0) is 20.3. The fourth-order valence-corrected chi connectivity index (χ4v) is 2.95. The van der Waals surface area contributed by atoms with Crippen molar-refractivity contribution >= 4 is 33.5 Å². The molecule has 0 aliphatic heterocycles. The molecule has 1 heterocycles. The van der Waals surface area contributed by atoms with Gasteiger partial charge in [-0.15, -0.1) is 0 Å². The van der Waals surface area contributed by atoms with Crippen LogP contribution in [-0.2, 0) is 16.6 Å². The van der Waals surface area contributed by atoms with Crippen molar-refractivity contribution in [3.63, 3.8) is 0 Å². The van der Waals surface area contributed by atoms with Gasteiger partial charge in [-0.2, -0.15) is 0 Å². The van der Waals surface area contributed by atoms with E-state index in [-0.39, 0.29) is 11.2 Å². The summed E-state index contributed by atoms with van der Waals surface area (Å²) >= 11 is 3.28. The summed E-state index contributed by atoms with van der Waals surface area (Å²) in [6, 6.07) is 15.7. The van der Waals surface area contributed by atoms with E-state index in [9.17, 15) is 14.4 Å². The largest absolute Gasteiger partial charge is 0.452 e. The smallest absolute Gasteiger partial charge is 0.338 e. The lowest BCUT2D eigenvalue weighted by molar-refractivity contribution is -0.119. The van der Waals surface area contributed by atoms with Gasteiger partial charge >= 0.3 is 5.97 Å². The van der Waals surface area contributed by atoms with Gasteiger partial charge in [0.15, 0.2) is 6.61 Å². The van der Waals surface area contributed by atoms with Crippen molar-refractivity contribution in [3.8, 4) is 5.69 Å². The SMILES string of the molecule is Cc1c(NC(=O)COC(=O)c2ccc(Br)cc2)c(=O)n(-c2ccccc2)n1C. The second kappa shape index (κ2) is 8.26. The van der Waals surface area contributed by atoms with E-state index in [2.05, 4.69) is 21.2 Å². The number of nitrogens with one attached hydrogen (secondary N) is 1. The first kappa shape index (κ1) is 19.6. The first-order chi connectivity index (χ1) is 13.4. The molecule has 0 fully saturated rings. The third-order valence-electron chi connectivity index (χ3n) is 4.23. The van der Waals surface area contributed by atoms with Gasteiger partial charge < -0.3 is 10.1 Å². The minimum Gasteiger partial charge on any atom is -0.452 e. The lowest BCUT2D eigenvalue weighted by Crippen LogP contribution is -2.25. The van der Waals surface area contributed by atoms with Gasteiger partial charge in [0.1, 0.15) is 5.69 Å². The third-order valence-corrected chi connectivity index (χ3v) is 4.76. The Labute approximate surface area is 169 Å². The van der Waals surface area contributed by atoms with Crippen LogP contribution in [0.25, 0.3) is 5.69 Å². The Hall–Kier alpha value is -3.13. The van der Waals surface area contributed by atoms with Gasteiger partial charge in [0.05, 0.1) is 16.9 Å². The Bertz CT molecular complexity index is 1070. The summed E-state index contributed by atoms with van der Waals surface area (Å²) in [7, 11) is 1.73. The average Bonchev–Trinajstić information content (AvgIpc) is 2.90. The van der Waals surface area contributed by atoms with Gasteiger partial charge in [0, 0.05) is 11.5 Å². The number of para-hydroxylation sites is 1. The van der Waals surface area contributed by atoms with Gasteiger partial charge in [-0.05, 0) is 43.3 Å². The topological polar surface area (TPSA) is 82.3 Å². The number of nitrogens with zero attached hydrogens (tertiary/aromatic N) is 2. The highest BCUT2D eigenvalue weighted by Crippen LogP contribution is 2.14. The molecule has 3 rings (SSSR count). The number of hydrogen-bond acceptors (Lipinski definition) is 4. The summed E-state index contributed by atoms with van der Waals surface area (Å²) in [5, 5.41) is 2.55. The molecule has 0 aliphatic carbocycles. The molecule has 3 aromatic rings. The van der Waals surface area contributed by atoms with Crippen molar-refractivity contribution in [2.24, 2.45) is 7.05 Å². The number of anilines is 1. The van der Waals surface area contributed by atoms with Crippen LogP contribution in [0.3, 0.4) is 0 Å². The Kier molecular flexibility index (Phi) is 5.79. The van der Waals surface area contributed by atoms with Crippen molar-refractivity contribution in [2.45, 2.75) is 6.92 Å². The molecule has 0 saturated heterocycles. The maximum atomic E-state index is 12.8. The van der Waals surface area contributed by atoms with E-state index in [0.29, 0.717) is 16.9 Å². The predicted molar refractivity (Wildman–Crippen MR) is 109 cm³/mol. The van der Waals surface area contributed by atoms with E-state index in [1.165, 1.54) is 4.68 Å². The highest BCUT2D eigenvalue weighted by atomic mass is 79.9. The molecule has 0 spiro atoms. The molecule has 0 saturated carbocycles. The number of aromatic nitrogens is 2. The number of hydrogen-bond donors (Lipinski definition) is 1. The molecule has 0 unspecified atom stereocenters. The fraction of sp³-hybridized carbons (Fsp3) is 0.150. The number of benzene rings is 2. The number of rotatable bonds is 5. The first-order valence-electron chi connectivity index (χ1n) is 8.45. The van der Waals surface area contributed by atoms with E-state index in [1.54, 1.807) is 55.1 Å². The molecule has 144 valence electrons. The standard InChI is InChI=1S/C20H18BrN3O4/c1-13-18(19(26)24(23(13)2)16-6-4-3-5-7-16)22-17(25)12-28-20(27)14-8-10-15(21)11-9-14/h3-11H,12H2,1-2H3,(H,22,25). The van der Waals surface area contributed by atoms with Crippen molar-refractivity contribution in [1.29, 1.82) is 0 Å². The summed E-state index contributed by atoms with van der Waals surface area (Å²) in [5.41, 5.74) is 1.38. The third kappa shape index (κ3) is 4.07. The van der Waals surface area contributed by atoms with Gasteiger partial charge in [-0.3, -0.25) is 14.3 Å². The number of esters is 1. The lowest BCUT2D eigenvalue weighted by atomic mass is 10.2. The van der Waals surface area contributed by atoms with Gasteiger partial charge in [0.25, 0.3) is 11.5 Å². The molecule has 0 aliphatic rings. The minimum absolute atomic E-state index is 0.149. The second-order valence-corrected chi connectivity index (χ2v) is 6.98. The van der Waals surface area contributed by atoms with Crippen molar-refractivity contribution in [2.75, 3.05) is 11.9 Å². The van der Waals surface area contributed by atoms with Crippen molar-refractivity contribution < 1.29 is 14.3 Å². The monoisotopic (exact) mass is 443 g/mol. The van der Waals surface area contributed by atoms with Crippen LogP contribution in [0.1, 0.15) is 16.1 Å². The molecule has 28 heavy (non-hydrogen) atoms. The van der Waals surface area contributed by atoms with Crippen molar-refractivity contribution in [1.82, 2.24) is 9.36 Å². The molecule has 0 radical (unpaired) electrons. The summed E-state index contributed by atoms with van der Waals surface area (Å²) in [6.07, 6.45) is 0. The molecule has 2 aromatic carbocycles. The van der Waals surface area contributed by atoms with E-state index in [1.807, 2.05) is 18.2 Å². The van der Waals surface area contributed by atoms with Crippen molar-refractivity contribution in [3.05, 3.63) is 80.7 Å². The minimum atomic E-state index is -0.617. The second-order valence-electron chi connectivity index (χ2n) is 6.07.